The van der Waals surface area contributed by atoms with Crippen molar-refractivity contribution in [1.29, 1.82) is 0 Å². The van der Waals surface area contributed by atoms with Gasteiger partial charge in [0.05, 0.1) is 30.4 Å². The summed E-state index contributed by atoms with van der Waals surface area (Å²) < 4.78 is 34.0. The molecule has 7 nitrogen and oxygen atoms in total. The number of ketones is 1. The predicted octanol–water partition coefficient (Wildman–Crippen LogP) is 1.00. The summed E-state index contributed by atoms with van der Waals surface area (Å²) in [6, 6.07) is 5.96. The zero-order chi connectivity index (χ0) is 18.5. The third-order valence-corrected chi connectivity index (χ3v) is 4.85. The van der Waals surface area contributed by atoms with Crippen LogP contribution < -0.4 is 0 Å². The second kappa shape index (κ2) is 7.87. The summed E-state index contributed by atoms with van der Waals surface area (Å²) in [4.78, 5) is 35.4. The van der Waals surface area contributed by atoms with E-state index in [9.17, 15) is 22.8 Å². The van der Waals surface area contributed by atoms with Gasteiger partial charge in [0.25, 0.3) is 0 Å². The lowest BCUT2D eigenvalue weighted by molar-refractivity contribution is -0.140. The van der Waals surface area contributed by atoms with Gasteiger partial charge in [0, 0.05) is 0 Å². The Kier molecular flexibility index (Phi) is 6.42. The van der Waals surface area contributed by atoms with Gasteiger partial charge in [0.2, 0.25) is 0 Å². The van der Waals surface area contributed by atoms with Crippen molar-refractivity contribution in [2.75, 3.05) is 20.0 Å². The topological polar surface area (TPSA) is 104 Å². The SMILES string of the molecule is COC(=O)/C(CS(=O)(=O)c1ccc(C)cc1)=C(/C(C)=O)C(=O)OC. The van der Waals surface area contributed by atoms with E-state index in [4.69, 9.17) is 0 Å². The van der Waals surface area contributed by atoms with E-state index in [0.717, 1.165) is 26.7 Å². The number of benzene rings is 1. The molecule has 0 N–H and O–H groups in total. The third kappa shape index (κ3) is 4.51. The van der Waals surface area contributed by atoms with Crippen molar-refractivity contribution < 1.29 is 32.3 Å². The minimum absolute atomic E-state index is 0.0396. The van der Waals surface area contributed by atoms with E-state index in [0.29, 0.717) is 0 Å². The summed E-state index contributed by atoms with van der Waals surface area (Å²) in [7, 11) is -1.92. The van der Waals surface area contributed by atoms with Gasteiger partial charge in [-0.1, -0.05) is 17.7 Å². The molecule has 0 spiro atoms. The highest BCUT2D eigenvalue weighted by molar-refractivity contribution is 7.91. The Bertz CT molecular complexity index is 786. The fourth-order valence-electron chi connectivity index (χ4n) is 1.96. The van der Waals surface area contributed by atoms with E-state index in [1.807, 2.05) is 0 Å². The van der Waals surface area contributed by atoms with Crippen LogP contribution in [0, 0.1) is 6.92 Å². The molecule has 1 rings (SSSR count). The van der Waals surface area contributed by atoms with Crippen molar-refractivity contribution in [3.63, 3.8) is 0 Å². The molecule has 0 atom stereocenters. The van der Waals surface area contributed by atoms with Crippen molar-refractivity contribution in [2.24, 2.45) is 0 Å². The molecule has 8 heteroatoms. The highest BCUT2D eigenvalue weighted by Gasteiger charge is 2.30. The number of ether oxygens (including phenoxy) is 2. The van der Waals surface area contributed by atoms with Gasteiger partial charge in [0.15, 0.2) is 15.6 Å². The summed E-state index contributed by atoms with van der Waals surface area (Å²) in [5.74, 6) is -3.82. The lowest BCUT2D eigenvalue weighted by Gasteiger charge is -2.11. The summed E-state index contributed by atoms with van der Waals surface area (Å²) in [6.45, 7) is 2.83. The molecule has 130 valence electrons. The molecule has 0 saturated carbocycles. The normalized spacial score (nSPS) is 12.2. The molecule has 0 aliphatic heterocycles. The number of sulfone groups is 1. The predicted molar refractivity (Wildman–Crippen MR) is 85.0 cm³/mol. The molecule has 0 aromatic heterocycles. The first-order chi connectivity index (χ1) is 11.1. The van der Waals surface area contributed by atoms with E-state index in [-0.39, 0.29) is 4.90 Å². The van der Waals surface area contributed by atoms with Crippen LogP contribution in [0.3, 0.4) is 0 Å². The molecule has 0 fully saturated rings. The minimum atomic E-state index is -3.97. The lowest BCUT2D eigenvalue weighted by atomic mass is 10.1. The third-order valence-electron chi connectivity index (χ3n) is 3.19. The number of aryl methyl sites for hydroxylation is 1. The average Bonchev–Trinajstić information content (AvgIpc) is 2.53. The largest absolute Gasteiger partial charge is 0.466 e. The van der Waals surface area contributed by atoms with Gasteiger partial charge in [-0.3, -0.25) is 4.79 Å². The average molecular weight is 354 g/mol. The first-order valence-corrected chi connectivity index (χ1v) is 8.49. The van der Waals surface area contributed by atoms with Crippen LogP contribution in [-0.2, 0) is 33.7 Å². The molecular formula is C16H18O7S. The Morgan fingerprint density at radius 1 is 0.958 bits per heavy atom. The molecule has 1 aromatic rings. The van der Waals surface area contributed by atoms with Gasteiger partial charge in [-0.2, -0.15) is 0 Å². The Hall–Kier alpha value is -2.48. The van der Waals surface area contributed by atoms with Crippen LogP contribution in [0.15, 0.2) is 40.3 Å². The smallest absolute Gasteiger partial charge is 0.342 e. The number of hydrogen-bond donors (Lipinski definition) is 0. The highest BCUT2D eigenvalue weighted by Crippen LogP contribution is 2.19. The van der Waals surface area contributed by atoms with Gasteiger partial charge in [-0.05, 0) is 26.0 Å². The monoisotopic (exact) mass is 354 g/mol. The molecule has 0 radical (unpaired) electrons. The van der Waals surface area contributed by atoms with Crippen molar-refractivity contribution in [2.45, 2.75) is 18.7 Å². The number of carbonyl (C=O) groups is 3. The van der Waals surface area contributed by atoms with E-state index in [2.05, 4.69) is 9.47 Å². The molecule has 24 heavy (non-hydrogen) atoms. The molecular weight excluding hydrogens is 336 g/mol. The van der Waals surface area contributed by atoms with Gasteiger partial charge < -0.3 is 9.47 Å². The van der Waals surface area contributed by atoms with E-state index in [1.54, 1.807) is 19.1 Å². The second-order valence-corrected chi connectivity index (χ2v) is 6.95. The standard InChI is InChI=1S/C16H18O7S/c1-10-5-7-12(8-6-10)24(20,21)9-13(15(18)22-3)14(11(2)17)16(19)23-4/h5-8H,9H2,1-4H3/b14-13-. The van der Waals surface area contributed by atoms with Crippen LogP contribution in [0.4, 0.5) is 0 Å². The molecule has 0 heterocycles. The van der Waals surface area contributed by atoms with E-state index >= 15 is 0 Å². The molecule has 0 aliphatic carbocycles. The van der Waals surface area contributed by atoms with Gasteiger partial charge in [0.1, 0.15) is 5.57 Å². The maximum Gasteiger partial charge on any atom is 0.342 e. The van der Waals surface area contributed by atoms with Crippen LogP contribution >= 0.6 is 0 Å². The lowest BCUT2D eigenvalue weighted by Crippen LogP contribution is -2.24. The maximum atomic E-state index is 12.5. The Morgan fingerprint density at radius 2 is 1.46 bits per heavy atom. The molecule has 1 aromatic carbocycles. The first-order valence-electron chi connectivity index (χ1n) is 6.84. The number of hydrogen-bond acceptors (Lipinski definition) is 7. The van der Waals surface area contributed by atoms with Crippen LogP contribution in [0.2, 0.25) is 0 Å². The minimum Gasteiger partial charge on any atom is -0.466 e. The second-order valence-electron chi connectivity index (χ2n) is 4.97. The van der Waals surface area contributed by atoms with Gasteiger partial charge >= 0.3 is 11.9 Å². The fraction of sp³-hybridized carbons (Fsp3) is 0.312. The van der Waals surface area contributed by atoms with Crippen LogP contribution in [0.25, 0.3) is 0 Å². The first kappa shape index (κ1) is 19.6. The summed E-state index contributed by atoms with van der Waals surface area (Å²) >= 11 is 0. The Labute approximate surface area is 140 Å². The van der Waals surface area contributed by atoms with E-state index < -0.39 is 44.5 Å². The zero-order valence-electron chi connectivity index (χ0n) is 13.8. The number of carbonyl (C=O) groups excluding carboxylic acids is 3. The van der Waals surface area contributed by atoms with Crippen molar-refractivity contribution >= 4 is 27.6 Å². The van der Waals surface area contributed by atoms with Crippen LogP contribution in [-0.4, -0.2) is 46.1 Å². The van der Waals surface area contributed by atoms with Gasteiger partial charge in [-0.15, -0.1) is 0 Å². The molecule has 0 bridgehead atoms. The quantitative estimate of drug-likeness (QED) is 0.325. The van der Waals surface area contributed by atoms with Crippen molar-refractivity contribution in [3.8, 4) is 0 Å². The van der Waals surface area contributed by atoms with Crippen LogP contribution in [0.5, 0.6) is 0 Å². The number of methoxy groups -OCH3 is 2. The Morgan fingerprint density at radius 3 is 1.88 bits per heavy atom. The number of Topliss-reactive ketones (excluding diaryl/α,β-unsaturated/α-hetero) is 1. The molecule has 0 saturated heterocycles. The van der Waals surface area contributed by atoms with E-state index in [1.165, 1.54) is 12.1 Å². The molecule has 0 unspecified atom stereocenters. The molecule has 0 amide bonds. The van der Waals surface area contributed by atoms with Crippen LogP contribution in [0.1, 0.15) is 12.5 Å². The number of rotatable bonds is 6. The summed E-state index contributed by atoms with van der Waals surface area (Å²) in [6.07, 6.45) is 0. The maximum absolute atomic E-state index is 12.5. The van der Waals surface area contributed by atoms with Gasteiger partial charge in [-0.25, -0.2) is 18.0 Å². The number of esters is 2. The van der Waals surface area contributed by atoms with Crippen molar-refractivity contribution in [1.82, 2.24) is 0 Å². The fourth-order valence-corrected chi connectivity index (χ4v) is 3.32. The highest BCUT2D eigenvalue weighted by atomic mass is 32.2. The summed E-state index contributed by atoms with van der Waals surface area (Å²) in [5.41, 5.74) is -0.339. The Balaban J connectivity index is 3.47. The molecule has 0 aliphatic rings. The van der Waals surface area contributed by atoms with Crippen molar-refractivity contribution in [3.05, 3.63) is 41.0 Å². The summed E-state index contributed by atoms with van der Waals surface area (Å²) in [5, 5.41) is 0. The zero-order valence-corrected chi connectivity index (χ0v) is 14.6.